The number of cyclic esters (lactones) is 1. The van der Waals surface area contributed by atoms with Crippen LogP contribution in [0.2, 0.25) is 0 Å². The Morgan fingerprint density at radius 1 is 1.29 bits per heavy atom. The van der Waals surface area contributed by atoms with E-state index in [1.165, 1.54) is 17.7 Å². The summed E-state index contributed by atoms with van der Waals surface area (Å²) in [5.41, 5.74) is 0.716. The van der Waals surface area contributed by atoms with Crippen LogP contribution < -0.4 is 5.56 Å². The van der Waals surface area contributed by atoms with Gasteiger partial charge >= 0.3 is 12.1 Å². The molecule has 2 aromatic heterocycles. The molecule has 9 nitrogen and oxygen atoms in total. The molecular formula is C24H22FN3O6. The van der Waals surface area contributed by atoms with Gasteiger partial charge < -0.3 is 24.4 Å². The summed E-state index contributed by atoms with van der Waals surface area (Å²) in [6, 6.07) is 4.48. The maximum atomic E-state index is 14.4. The maximum Gasteiger partial charge on any atom is 0.407 e. The van der Waals surface area contributed by atoms with E-state index >= 15 is 0 Å². The minimum atomic E-state index is -1.96. The van der Waals surface area contributed by atoms with Gasteiger partial charge in [0.2, 0.25) is 0 Å². The van der Waals surface area contributed by atoms with Crippen LogP contribution in [0.15, 0.2) is 23.0 Å². The number of halogens is 1. The minimum Gasteiger partial charge on any atom is -0.465 e. The van der Waals surface area contributed by atoms with Crippen LogP contribution in [-0.4, -0.2) is 43.8 Å². The van der Waals surface area contributed by atoms with Gasteiger partial charge in [-0.25, -0.2) is 19.0 Å². The predicted octanol–water partition coefficient (Wildman–Crippen LogP) is 2.64. The summed E-state index contributed by atoms with van der Waals surface area (Å²) in [6.45, 7) is 3.11. The van der Waals surface area contributed by atoms with Gasteiger partial charge in [0.15, 0.2) is 5.60 Å². The van der Waals surface area contributed by atoms with E-state index in [4.69, 9.17) is 4.74 Å². The smallest absolute Gasteiger partial charge is 0.407 e. The van der Waals surface area contributed by atoms with E-state index in [2.05, 4.69) is 4.98 Å². The molecule has 0 bridgehead atoms. The second-order valence-electron chi connectivity index (χ2n) is 8.78. The number of aromatic nitrogens is 2. The molecule has 0 unspecified atom stereocenters. The van der Waals surface area contributed by atoms with Crippen molar-refractivity contribution in [1.29, 1.82) is 0 Å². The van der Waals surface area contributed by atoms with E-state index in [9.17, 15) is 29.0 Å². The molecule has 2 aliphatic rings. The molecule has 0 radical (unpaired) electrons. The first-order valence-electron chi connectivity index (χ1n) is 10.8. The van der Waals surface area contributed by atoms with Crippen LogP contribution in [0.4, 0.5) is 9.18 Å². The highest BCUT2D eigenvalue weighted by Crippen LogP contribution is 2.40. The Morgan fingerprint density at radius 3 is 2.71 bits per heavy atom. The van der Waals surface area contributed by atoms with Crippen LogP contribution in [0.25, 0.3) is 22.3 Å². The zero-order valence-electron chi connectivity index (χ0n) is 18.8. The Bertz CT molecular complexity index is 1480. The third kappa shape index (κ3) is 2.95. The molecule has 0 saturated heterocycles. The van der Waals surface area contributed by atoms with Crippen LogP contribution in [0.1, 0.15) is 41.2 Å². The number of pyridine rings is 2. The normalized spacial score (nSPS) is 18.3. The maximum absolute atomic E-state index is 14.4. The van der Waals surface area contributed by atoms with Crippen molar-refractivity contribution < 1.29 is 28.9 Å². The molecule has 2 N–H and O–H groups in total. The molecule has 1 atom stereocenters. The topological polar surface area (TPSA) is 122 Å². The van der Waals surface area contributed by atoms with Gasteiger partial charge in [-0.05, 0) is 36.6 Å². The molecule has 3 aromatic rings. The van der Waals surface area contributed by atoms with E-state index in [1.54, 1.807) is 26.0 Å². The fourth-order valence-electron chi connectivity index (χ4n) is 4.78. The number of esters is 1. The van der Waals surface area contributed by atoms with Crippen molar-refractivity contribution in [2.24, 2.45) is 0 Å². The summed E-state index contributed by atoms with van der Waals surface area (Å²) in [6.07, 6.45) is -1.12. The molecule has 0 spiro atoms. The van der Waals surface area contributed by atoms with Gasteiger partial charge in [0, 0.05) is 36.2 Å². The van der Waals surface area contributed by atoms with Crippen LogP contribution in [-0.2, 0) is 34.8 Å². The quantitative estimate of drug-likeness (QED) is 0.444. The van der Waals surface area contributed by atoms with Crippen molar-refractivity contribution >= 4 is 23.0 Å². The number of nitrogens with zero attached hydrogens (tertiary/aromatic N) is 3. The first kappa shape index (κ1) is 22.0. The average molecular weight is 467 g/mol. The number of carbonyl (C=O) groups is 2. The van der Waals surface area contributed by atoms with Crippen molar-refractivity contribution in [2.75, 3.05) is 7.05 Å². The number of benzene rings is 1. The van der Waals surface area contributed by atoms with Crippen LogP contribution in [0.3, 0.4) is 0 Å². The summed E-state index contributed by atoms with van der Waals surface area (Å²) in [5.74, 6) is -1.28. The first-order chi connectivity index (χ1) is 16.1. The number of carboxylic acid groups (broad SMARTS) is 1. The Balaban J connectivity index is 1.82. The largest absolute Gasteiger partial charge is 0.465 e. The Kier molecular flexibility index (Phi) is 4.77. The highest BCUT2D eigenvalue weighted by Gasteiger charge is 2.45. The summed E-state index contributed by atoms with van der Waals surface area (Å²) >= 11 is 0. The predicted molar refractivity (Wildman–Crippen MR) is 119 cm³/mol. The molecule has 0 saturated carbocycles. The summed E-state index contributed by atoms with van der Waals surface area (Å²) in [4.78, 5) is 43.0. The molecule has 176 valence electrons. The van der Waals surface area contributed by atoms with Crippen LogP contribution in [0, 0.1) is 12.7 Å². The molecule has 1 amide bonds. The second kappa shape index (κ2) is 7.36. The zero-order valence-corrected chi connectivity index (χ0v) is 18.8. The number of aryl methyl sites for hydroxylation is 1. The number of hydrogen-bond acceptors (Lipinski definition) is 6. The molecule has 1 aromatic carbocycles. The third-order valence-corrected chi connectivity index (χ3v) is 6.81. The van der Waals surface area contributed by atoms with E-state index < -0.39 is 29.0 Å². The number of ether oxygens (including phenoxy) is 1. The van der Waals surface area contributed by atoms with Gasteiger partial charge in [-0.1, -0.05) is 6.92 Å². The van der Waals surface area contributed by atoms with Gasteiger partial charge in [-0.3, -0.25) is 4.79 Å². The summed E-state index contributed by atoms with van der Waals surface area (Å²) in [5, 5.41) is 21.1. The van der Waals surface area contributed by atoms with Crippen molar-refractivity contribution in [1.82, 2.24) is 14.5 Å². The minimum absolute atomic E-state index is 0.00467. The van der Waals surface area contributed by atoms with Crippen LogP contribution in [0.5, 0.6) is 0 Å². The molecule has 0 aliphatic carbocycles. The summed E-state index contributed by atoms with van der Waals surface area (Å²) < 4.78 is 21.0. The fourth-order valence-corrected chi connectivity index (χ4v) is 4.78. The second-order valence-corrected chi connectivity index (χ2v) is 8.78. The van der Waals surface area contributed by atoms with Crippen molar-refractivity contribution in [3.63, 3.8) is 0 Å². The number of hydrogen-bond donors (Lipinski definition) is 2. The molecular weight excluding hydrogens is 445 g/mol. The highest BCUT2D eigenvalue weighted by molar-refractivity contribution is 5.89. The van der Waals surface area contributed by atoms with Crippen molar-refractivity contribution in [3.8, 4) is 11.4 Å². The zero-order chi connectivity index (χ0) is 24.5. The number of rotatable bonds is 3. The lowest BCUT2D eigenvalue weighted by Gasteiger charge is -2.31. The molecule has 2 aliphatic heterocycles. The van der Waals surface area contributed by atoms with Gasteiger partial charge in [-0.2, -0.15) is 0 Å². The van der Waals surface area contributed by atoms with E-state index in [-0.39, 0.29) is 37.2 Å². The number of amides is 1. The van der Waals surface area contributed by atoms with E-state index in [1.807, 2.05) is 0 Å². The van der Waals surface area contributed by atoms with E-state index in [0.29, 0.717) is 39.0 Å². The van der Waals surface area contributed by atoms with Gasteiger partial charge in [0.25, 0.3) is 5.56 Å². The van der Waals surface area contributed by atoms with Crippen LogP contribution >= 0.6 is 0 Å². The lowest BCUT2D eigenvalue weighted by molar-refractivity contribution is -0.172. The standard InChI is InChI=1S/C24H22FN3O6/c1-4-24(33)16-6-19-20-14(9-28(19)21(29)15(16)10-34-22(24)30)13(8-27(3)23(31)32)12-5-11(2)17(25)7-18(12)26-20/h5-7,33H,4,8-10H2,1-3H3,(H,31,32)/t24-/m0/s1. The summed E-state index contributed by atoms with van der Waals surface area (Å²) in [7, 11) is 1.43. The lowest BCUT2D eigenvalue weighted by atomic mass is 9.86. The number of fused-ring (bicyclic) bond motifs is 5. The third-order valence-electron chi connectivity index (χ3n) is 6.81. The lowest BCUT2D eigenvalue weighted by Crippen LogP contribution is -2.44. The van der Waals surface area contributed by atoms with E-state index in [0.717, 1.165) is 4.90 Å². The van der Waals surface area contributed by atoms with Crippen molar-refractivity contribution in [2.45, 2.75) is 45.6 Å². The molecule has 10 heteroatoms. The Morgan fingerprint density at radius 2 is 2.03 bits per heavy atom. The molecule has 34 heavy (non-hydrogen) atoms. The number of carbonyl (C=O) groups excluding carboxylic acids is 1. The van der Waals surface area contributed by atoms with Gasteiger partial charge in [0.1, 0.15) is 12.4 Å². The molecule has 4 heterocycles. The highest BCUT2D eigenvalue weighted by atomic mass is 19.1. The fraction of sp³-hybridized carbons (Fsp3) is 0.333. The van der Waals surface area contributed by atoms with Gasteiger partial charge in [-0.15, -0.1) is 0 Å². The molecule has 5 rings (SSSR count). The van der Waals surface area contributed by atoms with Crippen molar-refractivity contribution in [3.05, 3.63) is 62.2 Å². The van der Waals surface area contributed by atoms with Gasteiger partial charge in [0.05, 0.1) is 29.0 Å². The Hall–Kier alpha value is -3.79. The Labute approximate surface area is 193 Å². The SMILES string of the molecule is CC[C@@]1(O)C(=O)OCc2c1cc1n(c2=O)Cc2c-1nc1cc(F)c(C)cc1c2CN(C)C(=O)O. The molecule has 0 fully saturated rings. The average Bonchev–Trinajstić information content (AvgIpc) is 3.16. The number of aliphatic hydroxyl groups is 1. The first-order valence-corrected chi connectivity index (χ1v) is 10.8. The monoisotopic (exact) mass is 467 g/mol.